The number of thioether (sulfide) groups is 1. The van der Waals surface area contributed by atoms with Crippen LogP contribution in [0.25, 0.3) is 0 Å². The van der Waals surface area contributed by atoms with E-state index in [0.29, 0.717) is 9.61 Å². The summed E-state index contributed by atoms with van der Waals surface area (Å²) in [6.07, 6.45) is 5.06. The molecule has 1 aromatic rings. The van der Waals surface area contributed by atoms with Gasteiger partial charge in [0.1, 0.15) is 9.39 Å². The number of hydrogen-bond acceptors (Lipinski definition) is 4. The summed E-state index contributed by atoms with van der Waals surface area (Å²) < 4.78 is 0.650. The maximum absolute atomic E-state index is 11.4. The summed E-state index contributed by atoms with van der Waals surface area (Å²) in [5.74, 6) is 1.90. The maximum Gasteiger partial charge on any atom is 0.266 e. The minimum Gasteiger partial charge on any atom is -0.366 e. The molecule has 0 aliphatic heterocycles. The summed E-state index contributed by atoms with van der Waals surface area (Å²) in [5, 5.41) is 4.15. The molecular weight excluding hydrogens is 349 g/mol. The first-order chi connectivity index (χ1) is 8.20. The van der Waals surface area contributed by atoms with Crippen LogP contribution in [0.1, 0.15) is 26.2 Å². The minimum atomic E-state index is -0.0689. The standard InChI is InChI=1S/C11H16IN3OS/c1-2-17-8-4-3-7(5-8)15-10-9(12)11(16)14-6-13-10/h6-8H,2-5H2,1H3,(H2,13,14,15,16). The molecule has 4 nitrogen and oxygen atoms in total. The fourth-order valence-corrected chi connectivity index (χ4v) is 3.73. The van der Waals surface area contributed by atoms with Gasteiger partial charge in [-0.25, -0.2) is 4.98 Å². The van der Waals surface area contributed by atoms with E-state index in [-0.39, 0.29) is 5.56 Å². The SMILES string of the molecule is CCSC1CCC(Nc2nc[nH]c(=O)c2I)C1. The van der Waals surface area contributed by atoms with E-state index >= 15 is 0 Å². The molecule has 0 saturated heterocycles. The number of nitrogens with one attached hydrogen (secondary N) is 2. The Hall–Kier alpha value is -0.240. The van der Waals surface area contributed by atoms with Crippen LogP contribution in [0.15, 0.2) is 11.1 Å². The van der Waals surface area contributed by atoms with Crippen molar-refractivity contribution in [3.63, 3.8) is 0 Å². The molecule has 2 unspecified atom stereocenters. The Kier molecular flexibility index (Phi) is 4.72. The fraction of sp³-hybridized carbons (Fsp3) is 0.636. The summed E-state index contributed by atoms with van der Waals surface area (Å²) in [4.78, 5) is 18.2. The number of rotatable bonds is 4. The lowest BCUT2D eigenvalue weighted by atomic mass is 10.2. The Morgan fingerprint density at radius 3 is 3.24 bits per heavy atom. The number of aromatic amines is 1. The van der Waals surface area contributed by atoms with Gasteiger partial charge in [0.2, 0.25) is 0 Å². The smallest absolute Gasteiger partial charge is 0.266 e. The molecule has 2 N–H and O–H groups in total. The van der Waals surface area contributed by atoms with Crippen molar-refractivity contribution in [1.29, 1.82) is 0 Å². The Morgan fingerprint density at radius 2 is 2.47 bits per heavy atom. The molecule has 1 saturated carbocycles. The van der Waals surface area contributed by atoms with E-state index < -0.39 is 0 Å². The second-order valence-corrected chi connectivity index (χ2v) is 6.78. The number of anilines is 1. The Morgan fingerprint density at radius 1 is 1.65 bits per heavy atom. The summed E-state index contributed by atoms with van der Waals surface area (Å²) in [6, 6.07) is 0.460. The van der Waals surface area contributed by atoms with Gasteiger partial charge >= 0.3 is 0 Å². The molecule has 1 fully saturated rings. The normalized spacial score (nSPS) is 23.9. The zero-order chi connectivity index (χ0) is 12.3. The Bertz CT molecular complexity index is 437. The van der Waals surface area contributed by atoms with Crippen LogP contribution in [0.3, 0.4) is 0 Å². The molecular formula is C11H16IN3OS. The molecule has 0 spiro atoms. The molecule has 2 rings (SSSR count). The molecule has 0 amide bonds. The molecule has 1 aromatic heterocycles. The first-order valence-corrected chi connectivity index (χ1v) is 7.94. The molecule has 1 heterocycles. The van der Waals surface area contributed by atoms with Gasteiger partial charge in [-0.2, -0.15) is 11.8 Å². The van der Waals surface area contributed by atoms with Crippen LogP contribution in [-0.4, -0.2) is 27.0 Å². The van der Waals surface area contributed by atoms with Crippen molar-refractivity contribution in [1.82, 2.24) is 9.97 Å². The Labute approximate surface area is 119 Å². The highest BCUT2D eigenvalue weighted by Crippen LogP contribution is 2.31. The van der Waals surface area contributed by atoms with Gasteiger partial charge in [0.25, 0.3) is 5.56 Å². The summed E-state index contributed by atoms with van der Waals surface area (Å²) in [7, 11) is 0. The minimum absolute atomic E-state index is 0.0689. The molecule has 6 heteroatoms. The molecule has 1 aliphatic carbocycles. The third kappa shape index (κ3) is 3.37. The number of H-pyrrole nitrogens is 1. The van der Waals surface area contributed by atoms with E-state index in [1.165, 1.54) is 31.3 Å². The molecule has 1 aliphatic rings. The van der Waals surface area contributed by atoms with Gasteiger partial charge in [-0.15, -0.1) is 0 Å². The average Bonchev–Trinajstić information content (AvgIpc) is 2.73. The molecule has 0 aromatic carbocycles. The van der Waals surface area contributed by atoms with E-state index in [1.807, 2.05) is 34.4 Å². The fourth-order valence-electron chi connectivity index (χ4n) is 2.14. The first-order valence-electron chi connectivity index (χ1n) is 5.82. The number of aromatic nitrogens is 2. The van der Waals surface area contributed by atoms with Gasteiger partial charge in [-0.3, -0.25) is 4.79 Å². The lowest BCUT2D eigenvalue weighted by molar-refractivity contribution is 0.749. The number of halogens is 1. The predicted octanol–water partition coefficient (Wildman–Crippen LogP) is 2.46. The van der Waals surface area contributed by atoms with Crippen molar-refractivity contribution >= 4 is 40.2 Å². The van der Waals surface area contributed by atoms with Crippen molar-refractivity contribution in [2.75, 3.05) is 11.1 Å². The molecule has 2 atom stereocenters. The highest BCUT2D eigenvalue weighted by Gasteiger charge is 2.25. The maximum atomic E-state index is 11.4. The summed E-state index contributed by atoms with van der Waals surface area (Å²) >= 11 is 4.07. The second-order valence-electron chi connectivity index (χ2n) is 4.13. The molecule has 0 radical (unpaired) electrons. The van der Waals surface area contributed by atoms with Crippen LogP contribution in [0.2, 0.25) is 0 Å². The van der Waals surface area contributed by atoms with Gasteiger partial charge < -0.3 is 10.3 Å². The quantitative estimate of drug-likeness (QED) is 0.805. The molecule has 0 bridgehead atoms. The van der Waals surface area contributed by atoms with Crippen LogP contribution in [-0.2, 0) is 0 Å². The van der Waals surface area contributed by atoms with E-state index in [0.717, 1.165) is 11.1 Å². The van der Waals surface area contributed by atoms with Crippen LogP contribution >= 0.6 is 34.4 Å². The molecule has 94 valence electrons. The summed E-state index contributed by atoms with van der Waals surface area (Å²) in [5.41, 5.74) is -0.0689. The van der Waals surface area contributed by atoms with Crippen molar-refractivity contribution in [2.24, 2.45) is 0 Å². The zero-order valence-corrected chi connectivity index (χ0v) is 12.7. The van der Waals surface area contributed by atoms with Crippen molar-refractivity contribution in [3.05, 3.63) is 20.3 Å². The topological polar surface area (TPSA) is 57.8 Å². The average molecular weight is 365 g/mol. The van der Waals surface area contributed by atoms with Crippen LogP contribution in [0, 0.1) is 3.57 Å². The van der Waals surface area contributed by atoms with Gasteiger partial charge in [-0.05, 0) is 47.6 Å². The highest BCUT2D eigenvalue weighted by atomic mass is 127. The third-order valence-electron chi connectivity index (χ3n) is 2.92. The van der Waals surface area contributed by atoms with E-state index in [2.05, 4.69) is 22.2 Å². The van der Waals surface area contributed by atoms with Gasteiger partial charge in [0.05, 0.1) is 6.33 Å². The third-order valence-corrected chi connectivity index (χ3v) is 5.16. The second kappa shape index (κ2) is 6.08. The van der Waals surface area contributed by atoms with Crippen LogP contribution in [0.4, 0.5) is 5.82 Å². The van der Waals surface area contributed by atoms with Gasteiger partial charge in [-0.1, -0.05) is 6.92 Å². The summed E-state index contributed by atoms with van der Waals surface area (Å²) in [6.45, 7) is 2.20. The van der Waals surface area contributed by atoms with E-state index in [9.17, 15) is 4.79 Å². The lowest BCUT2D eigenvalue weighted by Gasteiger charge is -2.14. The predicted molar refractivity (Wildman–Crippen MR) is 80.8 cm³/mol. The van der Waals surface area contributed by atoms with E-state index in [4.69, 9.17) is 0 Å². The number of hydrogen-bond donors (Lipinski definition) is 2. The number of nitrogens with zero attached hydrogens (tertiary/aromatic N) is 1. The van der Waals surface area contributed by atoms with Crippen molar-refractivity contribution < 1.29 is 0 Å². The van der Waals surface area contributed by atoms with Crippen molar-refractivity contribution in [2.45, 2.75) is 37.5 Å². The van der Waals surface area contributed by atoms with E-state index in [1.54, 1.807) is 0 Å². The van der Waals surface area contributed by atoms with Gasteiger partial charge in [0.15, 0.2) is 0 Å². The monoisotopic (exact) mass is 365 g/mol. The first kappa shape index (κ1) is 13.2. The van der Waals surface area contributed by atoms with Gasteiger partial charge in [0, 0.05) is 11.3 Å². The van der Waals surface area contributed by atoms with Crippen LogP contribution in [0.5, 0.6) is 0 Å². The zero-order valence-electron chi connectivity index (χ0n) is 9.70. The Balaban J connectivity index is 1.98. The van der Waals surface area contributed by atoms with Crippen molar-refractivity contribution in [3.8, 4) is 0 Å². The van der Waals surface area contributed by atoms with Crippen LogP contribution < -0.4 is 10.9 Å². The highest BCUT2D eigenvalue weighted by molar-refractivity contribution is 14.1. The molecule has 17 heavy (non-hydrogen) atoms. The lowest BCUT2D eigenvalue weighted by Crippen LogP contribution is -2.21. The largest absolute Gasteiger partial charge is 0.366 e.